The smallest absolute Gasteiger partial charge is 0.253 e. The lowest BCUT2D eigenvalue weighted by Gasteiger charge is -2.41. The summed E-state index contributed by atoms with van der Waals surface area (Å²) >= 11 is 0. The van der Waals surface area contributed by atoms with Crippen LogP contribution >= 0.6 is 0 Å². The first-order chi connectivity index (χ1) is 19.6. The zero-order chi connectivity index (χ0) is 28.9. The fraction of sp³-hybridized carbons (Fsp3) is 0.500. The molecule has 4 aliphatic rings. The van der Waals surface area contributed by atoms with Crippen LogP contribution in [0.4, 0.5) is 4.39 Å². The number of nitrogens with zero attached hydrogens (tertiary/aromatic N) is 1. The van der Waals surface area contributed by atoms with Crippen molar-refractivity contribution in [3.63, 3.8) is 0 Å². The number of benzene rings is 2. The Balaban J connectivity index is 1.07. The monoisotopic (exact) mass is 556 g/mol. The molecule has 41 heavy (non-hydrogen) atoms. The van der Waals surface area contributed by atoms with Gasteiger partial charge in [0.1, 0.15) is 5.82 Å². The standard InChI is InChI=1S/C34H41FN4O2/c1-21-4-5-24(16-33-17-27(33)18-33)14-26(21)15-29(23(3)36)31(40)38-22(2)20-39-12-10-34(11-13-39)30(19-37-32(34)41)25-6-8-28(35)9-7-25/h4-9,14-15,22,27,30,36H,10-13,16-20H2,1-3H3,(H,37,41)(H,38,40). The maximum absolute atomic E-state index is 13.5. The van der Waals surface area contributed by atoms with E-state index in [-0.39, 0.29) is 35.3 Å². The van der Waals surface area contributed by atoms with Crippen LogP contribution in [0.5, 0.6) is 0 Å². The molecule has 0 aromatic heterocycles. The molecular formula is C34H41FN4O2. The number of aryl methyl sites for hydroxylation is 1. The van der Waals surface area contributed by atoms with Gasteiger partial charge in [0.2, 0.25) is 5.91 Å². The summed E-state index contributed by atoms with van der Waals surface area (Å²) in [5, 5.41) is 14.5. The molecule has 216 valence electrons. The van der Waals surface area contributed by atoms with Gasteiger partial charge in [0.05, 0.1) is 11.0 Å². The maximum Gasteiger partial charge on any atom is 0.253 e. The van der Waals surface area contributed by atoms with Crippen molar-refractivity contribution in [1.29, 1.82) is 5.41 Å². The third kappa shape index (κ3) is 5.49. The largest absolute Gasteiger partial charge is 0.355 e. The minimum absolute atomic E-state index is 0.0368. The average molecular weight is 557 g/mol. The van der Waals surface area contributed by atoms with E-state index in [0.29, 0.717) is 24.1 Å². The molecule has 4 fully saturated rings. The van der Waals surface area contributed by atoms with E-state index in [1.54, 1.807) is 19.1 Å². The minimum Gasteiger partial charge on any atom is -0.355 e. The van der Waals surface area contributed by atoms with Crippen LogP contribution in [-0.4, -0.2) is 54.6 Å². The van der Waals surface area contributed by atoms with Crippen molar-refractivity contribution in [2.24, 2.45) is 16.7 Å². The number of halogens is 1. The van der Waals surface area contributed by atoms with Gasteiger partial charge in [-0.3, -0.25) is 9.59 Å². The molecule has 2 heterocycles. The Bertz CT molecular complexity index is 1400. The molecule has 2 unspecified atom stereocenters. The number of hydrogen-bond donors (Lipinski definition) is 3. The molecule has 2 atom stereocenters. The van der Waals surface area contributed by atoms with Crippen molar-refractivity contribution in [2.45, 2.75) is 64.8 Å². The van der Waals surface area contributed by atoms with Crippen LogP contribution in [0.15, 0.2) is 48.0 Å². The van der Waals surface area contributed by atoms with Gasteiger partial charge in [0.15, 0.2) is 0 Å². The number of piperidine rings is 1. The summed E-state index contributed by atoms with van der Waals surface area (Å²) in [6, 6.07) is 13.0. The first-order valence-corrected chi connectivity index (χ1v) is 15.0. The summed E-state index contributed by atoms with van der Waals surface area (Å²) in [5.74, 6) is 0.576. The zero-order valence-corrected chi connectivity index (χ0v) is 24.4. The van der Waals surface area contributed by atoms with Crippen molar-refractivity contribution in [3.8, 4) is 0 Å². The van der Waals surface area contributed by atoms with E-state index >= 15 is 0 Å². The van der Waals surface area contributed by atoms with E-state index < -0.39 is 5.41 Å². The molecule has 2 aliphatic carbocycles. The molecule has 1 spiro atoms. The summed E-state index contributed by atoms with van der Waals surface area (Å²) in [5.41, 5.74) is 5.18. The molecule has 2 amide bonds. The predicted octanol–water partition coefficient (Wildman–Crippen LogP) is 5.01. The van der Waals surface area contributed by atoms with Gasteiger partial charge in [-0.05, 0) is 118 Å². The van der Waals surface area contributed by atoms with Crippen molar-refractivity contribution < 1.29 is 14.0 Å². The number of hydrogen-bond acceptors (Lipinski definition) is 4. The molecule has 2 aromatic rings. The molecule has 2 aromatic carbocycles. The second-order valence-corrected chi connectivity index (χ2v) is 13.2. The highest BCUT2D eigenvalue weighted by atomic mass is 19.1. The van der Waals surface area contributed by atoms with Gasteiger partial charge in [-0.1, -0.05) is 30.3 Å². The Morgan fingerprint density at radius 3 is 2.51 bits per heavy atom. The van der Waals surface area contributed by atoms with Gasteiger partial charge in [-0.25, -0.2) is 4.39 Å². The Hall–Kier alpha value is -3.32. The molecule has 2 saturated carbocycles. The molecule has 3 N–H and O–H groups in total. The van der Waals surface area contributed by atoms with E-state index in [1.807, 2.05) is 13.0 Å². The summed E-state index contributed by atoms with van der Waals surface area (Å²) < 4.78 is 13.5. The first kappa shape index (κ1) is 27.8. The van der Waals surface area contributed by atoms with Crippen LogP contribution in [0, 0.1) is 34.9 Å². The van der Waals surface area contributed by atoms with Gasteiger partial charge in [-0.15, -0.1) is 0 Å². The lowest BCUT2D eigenvalue weighted by atomic mass is 9.68. The number of nitrogens with one attached hydrogen (secondary N) is 3. The topological polar surface area (TPSA) is 85.3 Å². The third-order valence-corrected chi connectivity index (χ3v) is 10.2. The number of carbonyl (C=O) groups excluding carboxylic acids is 2. The van der Waals surface area contributed by atoms with Gasteiger partial charge in [-0.2, -0.15) is 0 Å². The quantitative estimate of drug-likeness (QED) is 0.300. The van der Waals surface area contributed by atoms with Gasteiger partial charge in [0.25, 0.3) is 5.91 Å². The third-order valence-electron chi connectivity index (χ3n) is 10.2. The van der Waals surface area contributed by atoms with E-state index in [9.17, 15) is 14.0 Å². The molecule has 7 heteroatoms. The van der Waals surface area contributed by atoms with Crippen molar-refractivity contribution in [1.82, 2.24) is 15.5 Å². The molecule has 0 bridgehead atoms. The maximum atomic E-state index is 13.5. The zero-order valence-electron chi connectivity index (χ0n) is 24.4. The van der Waals surface area contributed by atoms with Crippen molar-refractivity contribution >= 4 is 23.6 Å². The van der Waals surface area contributed by atoms with Crippen molar-refractivity contribution in [3.05, 3.63) is 76.1 Å². The van der Waals surface area contributed by atoms with Crippen LogP contribution in [0.1, 0.15) is 67.7 Å². The number of amides is 2. The number of rotatable bonds is 9. The van der Waals surface area contributed by atoms with Gasteiger partial charge >= 0.3 is 0 Å². The van der Waals surface area contributed by atoms with Crippen LogP contribution in [0.3, 0.4) is 0 Å². The fourth-order valence-corrected chi connectivity index (χ4v) is 7.26. The number of likely N-dealkylation sites (tertiary alicyclic amines) is 1. The second-order valence-electron chi connectivity index (χ2n) is 13.2. The van der Waals surface area contributed by atoms with E-state index in [2.05, 4.69) is 40.7 Å². The van der Waals surface area contributed by atoms with Crippen molar-refractivity contribution in [2.75, 3.05) is 26.2 Å². The summed E-state index contributed by atoms with van der Waals surface area (Å²) in [6.45, 7) is 8.48. The SMILES string of the molecule is CC(=N)C(=Cc1cc(CC23CC2C3)ccc1C)C(=O)NC(C)CN1CCC2(CC1)C(=O)NCC2c1ccc(F)cc1. The normalized spacial score (nSPS) is 27.2. The Morgan fingerprint density at radius 2 is 1.88 bits per heavy atom. The van der Waals surface area contributed by atoms with E-state index in [4.69, 9.17) is 5.41 Å². The molecule has 2 aliphatic heterocycles. The molecule has 6 nitrogen and oxygen atoms in total. The van der Waals surface area contributed by atoms with Crippen LogP contribution in [0.2, 0.25) is 0 Å². The van der Waals surface area contributed by atoms with Gasteiger partial charge in [0, 0.05) is 30.8 Å². The second kappa shape index (κ2) is 10.5. The minimum atomic E-state index is -0.472. The Kier molecular flexibility index (Phi) is 7.13. The van der Waals surface area contributed by atoms with Crippen LogP contribution in [-0.2, 0) is 16.0 Å². The number of fused-ring (bicyclic) bond motifs is 1. The lowest BCUT2D eigenvalue weighted by Crippen LogP contribution is -2.50. The van der Waals surface area contributed by atoms with E-state index in [0.717, 1.165) is 55.0 Å². The summed E-state index contributed by atoms with van der Waals surface area (Å²) in [4.78, 5) is 28.6. The lowest BCUT2D eigenvalue weighted by molar-refractivity contribution is -0.130. The highest BCUT2D eigenvalue weighted by molar-refractivity contribution is 6.22. The highest BCUT2D eigenvalue weighted by Gasteiger charge is 2.68. The predicted molar refractivity (Wildman–Crippen MR) is 159 cm³/mol. The Labute approximate surface area is 242 Å². The van der Waals surface area contributed by atoms with Gasteiger partial charge < -0.3 is 20.9 Å². The molecule has 0 radical (unpaired) electrons. The van der Waals surface area contributed by atoms with E-state index in [1.165, 1.54) is 30.5 Å². The number of carbonyl (C=O) groups is 2. The Morgan fingerprint density at radius 1 is 1.20 bits per heavy atom. The average Bonchev–Trinajstić information content (AvgIpc) is 3.77. The van der Waals surface area contributed by atoms with Crippen LogP contribution in [0.25, 0.3) is 6.08 Å². The highest BCUT2D eigenvalue weighted by Crippen LogP contribution is 2.76. The summed E-state index contributed by atoms with van der Waals surface area (Å²) in [7, 11) is 0. The molecule has 6 rings (SSSR count). The first-order valence-electron chi connectivity index (χ1n) is 15.0. The van der Waals surface area contributed by atoms with Crippen LogP contribution < -0.4 is 10.6 Å². The molecule has 2 saturated heterocycles. The fourth-order valence-electron chi connectivity index (χ4n) is 7.26. The molecular weight excluding hydrogens is 515 g/mol. The summed E-state index contributed by atoms with van der Waals surface area (Å²) in [6.07, 6.45) is 7.16.